The molecule has 1 N–H and O–H groups in total. The fourth-order valence-corrected chi connectivity index (χ4v) is 4.83. The van der Waals surface area contributed by atoms with Crippen molar-refractivity contribution >= 4 is 15.7 Å². The maximum Gasteiger partial charge on any atom is 0.251 e. The van der Waals surface area contributed by atoms with Gasteiger partial charge in [-0.3, -0.25) is 4.79 Å². The van der Waals surface area contributed by atoms with Gasteiger partial charge >= 0.3 is 0 Å². The van der Waals surface area contributed by atoms with Gasteiger partial charge in [0.1, 0.15) is 5.82 Å². The molecule has 1 saturated heterocycles. The number of aromatic nitrogens is 2. The Balaban J connectivity index is 1.76. The summed E-state index contributed by atoms with van der Waals surface area (Å²) in [5.41, 5.74) is 3.44. The average molecular weight is 373 g/mol. The molecule has 0 spiro atoms. The molecule has 1 fully saturated rings. The van der Waals surface area contributed by atoms with Crippen molar-refractivity contribution in [3.05, 3.63) is 47.4 Å². The van der Waals surface area contributed by atoms with E-state index in [2.05, 4.69) is 22.2 Å². The van der Waals surface area contributed by atoms with Gasteiger partial charge in [-0.2, -0.15) is 0 Å². The van der Waals surface area contributed by atoms with Crippen molar-refractivity contribution in [1.82, 2.24) is 15.3 Å². The zero-order chi connectivity index (χ0) is 18.7. The van der Waals surface area contributed by atoms with Crippen LogP contribution < -0.4 is 5.32 Å². The summed E-state index contributed by atoms with van der Waals surface area (Å²) in [6.45, 7) is 3.97. The second kappa shape index (κ2) is 7.53. The van der Waals surface area contributed by atoms with E-state index in [9.17, 15) is 13.2 Å². The Morgan fingerprint density at radius 3 is 2.62 bits per heavy atom. The molecule has 138 valence electrons. The minimum absolute atomic E-state index is 0.0252. The Kier molecular flexibility index (Phi) is 5.36. The second-order valence-corrected chi connectivity index (χ2v) is 8.92. The van der Waals surface area contributed by atoms with Crippen LogP contribution in [-0.4, -0.2) is 41.8 Å². The summed E-state index contributed by atoms with van der Waals surface area (Å²) < 4.78 is 23.0. The zero-order valence-electron chi connectivity index (χ0n) is 15.0. The maximum absolute atomic E-state index is 12.4. The van der Waals surface area contributed by atoms with Gasteiger partial charge in [0.2, 0.25) is 0 Å². The first kappa shape index (κ1) is 18.5. The molecule has 3 rings (SSSR count). The van der Waals surface area contributed by atoms with E-state index >= 15 is 0 Å². The van der Waals surface area contributed by atoms with Crippen LogP contribution >= 0.6 is 0 Å². The summed E-state index contributed by atoms with van der Waals surface area (Å²) in [4.78, 5) is 21.2. The van der Waals surface area contributed by atoms with E-state index in [-0.39, 0.29) is 23.5 Å². The number of sulfone groups is 1. The van der Waals surface area contributed by atoms with Crippen LogP contribution in [0.4, 0.5) is 0 Å². The van der Waals surface area contributed by atoms with Crippen LogP contribution in [0.3, 0.4) is 0 Å². The van der Waals surface area contributed by atoms with E-state index in [4.69, 9.17) is 0 Å². The summed E-state index contributed by atoms with van der Waals surface area (Å²) in [7, 11) is -3.01. The highest BCUT2D eigenvalue weighted by Crippen LogP contribution is 2.23. The molecule has 26 heavy (non-hydrogen) atoms. The van der Waals surface area contributed by atoms with Gasteiger partial charge in [-0.15, -0.1) is 0 Å². The molecule has 1 atom stereocenters. The summed E-state index contributed by atoms with van der Waals surface area (Å²) in [6.07, 6.45) is 4.24. The topological polar surface area (TPSA) is 89.0 Å². The minimum atomic E-state index is -3.01. The van der Waals surface area contributed by atoms with Crippen molar-refractivity contribution in [2.75, 3.05) is 11.5 Å². The Bertz CT molecular complexity index is 908. The van der Waals surface area contributed by atoms with E-state index in [0.717, 1.165) is 29.7 Å². The number of nitrogens with one attached hydrogen (secondary N) is 1. The fourth-order valence-electron chi connectivity index (χ4n) is 3.15. The van der Waals surface area contributed by atoms with Crippen LogP contribution in [0.1, 0.15) is 41.5 Å². The second-order valence-electron chi connectivity index (χ2n) is 6.69. The molecule has 0 radical (unpaired) electrons. The number of hydrogen-bond donors (Lipinski definition) is 1. The van der Waals surface area contributed by atoms with Crippen molar-refractivity contribution in [3.8, 4) is 11.3 Å². The molecule has 6 nitrogen and oxygen atoms in total. The standard InChI is InChI=1S/C19H23N3O3S/c1-3-4-16-11-20-13(2)21-18(16)14-5-7-15(8-6-14)19(23)22-17-9-10-26(24,25)12-17/h5-8,11,17H,3-4,9-10,12H2,1-2H3,(H,22,23)/t17-/m1/s1. The van der Waals surface area contributed by atoms with Crippen LogP contribution in [0.15, 0.2) is 30.5 Å². The highest BCUT2D eigenvalue weighted by molar-refractivity contribution is 7.91. The fraction of sp³-hybridized carbons (Fsp3) is 0.421. The van der Waals surface area contributed by atoms with Crippen LogP contribution in [-0.2, 0) is 16.3 Å². The predicted octanol–water partition coefficient (Wildman–Crippen LogP) is 2.32. The van der Waals surface area contributed by atoms with Crippen molar-refractivity contribution in [1.29, 1.82) is 0 Å². The lowest BCUT2D eigenvalue weighted by atomic mass is 10.0. The molecule has 7 heteroatoms. The number of nitrogens with zero attached hydrogens (tertiary/aromatic N) is 2. The van der Waals surface area contributed by atoms with E-state index in [1.807, 2.05) is 25.3 Å². The van der Waals surface area contributed by atoms with Crippen molar-refractivity contribution < 1.29 is 13.2 Å². The Hall–Kier alpha value is -2.28. The number of carbonyl (C=O) groups is 1. The maximum atomic E-state index is 12.4. The van der Waals surface area contributed by atoms with Crippen molar-refractivity contribution in [3.63, 3.8) is 0 Å². The van der Waals surface area contributed by atoms with Crippen LogP contribution in [0, 0.1) is 6.92 Å². The Morgan fingerprint density at radius 2 is 2.00 bits per heavy atom. The molecule has 2 aromatic rings. The van der Waals surface area contributed by atoms with Crippen molar-refractivity contribution in [2.24, 2.45) is 0 Å². The number of hydrogen-bond acceptors (Lipinski definition) is 5. The molecule has 1 aliphatic heterocycles. The summed E-state index contributed by atoms with van der Waals surface area (Å²) in [5.74, 6) is 0.636. The number of rotatable bonds is 5. The van der Waals surface area contributed by atoms with E-state index in [1.165, 1.54) is 0 Å². The first-order valence-corrected chi connectivity index (χ1v) is 10.6. The first-order valence-electron chi connectivity index (χ1n) is 8.82. The SMILES string of the molecule is CCCc1cnc(C)nc1-c1ccc(C(=O)N[C@@H]2CCS(=O)(=O)C2)cc1. The molecule has 0 aliphatic carbocycles. The van der Waals surface area contributed by atoms with E-state index < -0.39 is 9.84 Å². The van der Waals surface area contributed by atoms with Gasteiger partial charge in [0.05, 0.1) is 17.2 Å². The molecule has 0 saturated carbocycles. The van der Waals surface area contributed by atoms with E-state index in [0.29, 0.717) is 17.8 Å². The van der Waals surface area contributed by atoms with Crippen LogP contribution in [0.5, 0.6) is 0 Å². The normalized spacial score (nSPS) is 18.6. The number of aryl methyl sites for hydroxylation is 2. The van der Waals surface area contributed by atoms with E-state index in [1.54, 1.807) is 12.1 Å². The lowest BCUT2D eigenvalue weighted by Crippen LogP contribution is -2.35. The molecule has 0 unspecified atom stereocenters. The molecule has 1 aromatic heterocycles. The molecule has 1 amide bonds. The number of amides is 1. The molecular weight excluding hydrogens is 350 g/mol. The third kappa shape index (κ3) is 4.27. The lowest BCUT2D eigenvalue weighted by molar-refractivity contribution is 0.0941. The largest absolute Gasteiger partial charge is 0.348 e. The van der Waals surface area contributed by atoms with Gasteiger partial charge < -0.3 is 5.32 Å². The molecule has 1 aromatic carbocycles. The number of benzene rings is 1. The monoisotopic (exact) mass is 373 g/mol. The first-order chi connectivity index (χ1) is 12.4. The Morgan fingerprint density at radius 1 is 1.27 bits per heavy atom. The quantitative estimate of drug-likeness (QED) is 0.869. The molecule has 1 aliphatic rings. The number of carbonyl (C=O) groups excluding carboxylic acids is 1. The summed E-state index contributed by atoms with van der Waals surface area (Å²) >= 11 is 0. The third-order valence-electron chi connectivity index (χ3n) is 4.49. The highest BCUT2D eigenvalue weighted by Gasteiger charge is 2.29. The zero-order valence-corrected chi connectivity index (χ0v) is 15.8. The van der Waals surface area contributed by atoms with Crippen molar-refractivity contribution in [2.45, 2.75) is 39.2 Å². The molecule has 2 heterocycles. The average Bonchev–Trinajstić information content (AvgIpc) is 2.95. The van der Waals surface area contributed by atoms with Gasteiger partial charge in [0.15, 0.2) is 9.84 Å². The van der Waals surface area contributed by atoms with Crippen LogP contribution in [0.25, 0.3) is 11.3 Å². The molecular formula is C19H23N3O3S. The van der Waals surface area contributed by atoms with Gasteiger partial charge in [0, 0.05) is 23.4 Å². The van der Waals surface area contributed by atoms with Gasteiger partial charge in [-0.1, -0.05) is 25.5 Å². The lowest BCUT2D eigenvalue weighted by Gasteiger charge is -2.12. The minimum Gasteiger partial charge on any atom is -0.348 e. The predicted molar refractivity (Wildman–Crippen MR) is 101 cm³/mol. The third-order valence-corrected chi connectivity index (χ3v) is 6.26. The molecule has 0 bridgehead atoms. The van der Waals surface area contributed by atoms with Gasteiger partial charge in [0.25, 0.3) is 5.91 Å². The smallest absolute Gasteiger partial charge is 0.251 e. The van der Waals surface area contributed by atoms with Gasteiger partial charge in [-0.25, -0.2) is 18.4 Å². The van der Waals surface area contributed by atoms with Crippen LogP contribution in [0.2, 0.25) is 0 Å². The van der Waals surface area contributed by atoms with Gasteiger partial charge in [-0.05, 0) is 37.5 Å². The Labute approximate surface area is 154 Å². The summed E-state index contributed by atoms with van der Waals surface area (Å²) in [6, 6.07) is 6.96. The summed E-state index contributed by atoms with van der Waals surface area (Å²) in [5, 5.41) is 2.81. The highest BCUT2D eigenvalue weighted by atomic mass is 32.2.